The van der Waals surface area contributed by atoms with Crippen LogP contribution in [0.3, 0.4) is 0 Å². The van der Waals surface area contributed by atoms with Gasteiger partial charge in [0.05, 0.1) is 22.3 Å². The minimum Gasteiger partial charge on any atom is -0.355 e. The van der Waals surface area contributed by atoms with Crippen molar-refractivity contribution in [2.45, 2.75) is 51.6 Å². The van der Waals surface area contributed by atoms with Gasteiger partial charge in [0, 0.05) is 60.8 Å². The zero-order valence-electron chi connectivity index (χ0n) is 20.6. The summed E-state index contributed by atoms with van der Waals surface area (Å²) in [5, 5.41) is 7.07. The molecule has 8 nitrogen and oxygen atoms in total. The van der Waals surface area contributed by atoms with E-state index in [1.165, 1.54) is 0 Å². The van der Waals surface area contributed by atoms with Crippen molar-refractivity contribution in [3.05, 3.63) is 64.2 Å². The van der Waals surface area contributed by atoms with Gasteiger partial charge in [-0.1, -0.05) is 17.7 Å². The summed E-state index contributed by atoms with van der Waals surface area (Å²) >= 11 is 6.60. The molecule has 2 atom stereocenters. The number of nitrogens with two attached hydrogens (primary N) is 1. The van der Waals surface area contributed by atoms with Crippen LogP contribution >= 0.6 is 11.6 Å². The van der Waals surface area contributed by atoms with Crippen molar-refractivity contribution in [3.63, 3.8) is 0 Å². The lowest BCUT2D eigenvalue weighted by Gasteiger charge is -2.35. The third-order valence-electron chi connectivity index (χ3n) is 7.46. The van der Waals surface area contributed by atoms with Gasteiger partial charge < -0.3 is 15.5 Å². The Hall–Kier alpha value is -3.23. The summed E-state index contributed by atoms with van der Waals surface area (Å²) in [5.74, 6) is 0.887. The van der Waals surface area contributed by atoms with Crippen molar-refractivity contribution in [2.75, 3.05) is 24.5 Å². The maximum atomic E-state index is 14.0. The Balaban J connectivity index is 1.37. The number of carbonyl (C=O) groups is 1. The van der Waals surface area contributed by atoms with Crippen LogP contribution in [-0.2, 0) is 0 Å². The van der Waals surface area contributed by atoms with Gasteiger partial charge in [-0.3, -0.25) is 9.78 Å². The van der Waals surface area contributed by atoms with Gasteiger partial charge in [0.25, 0.3) is 5.91 Å². The summed E-state index contributed by atoms with van der Waals surface area (Å²) in [6.07, 6.45) is 7.59. The molecule has 2 saturated heterocycles. The molecule has 0 aliphatic carbocycles. The lowest BCUT2D eigenvalue weighted by atomic mass is 9.97. The number of aryl methyl sites for hydroxylation is 2. The maximum absolute atomic E-state index is 14.0. The van der Waals surface area contributed by atoms with E-state index < -0.39 is 0 Å². The highest BCUT2D eigenvalue weighted by atomic mass is 35.5. The highest BCUT2D eigenvalue weighted by molar-refractivity contribution is 6.35. The van der Waals surface area contributed by atoms with Crippen LogP contribution in [0.25, 0.3) is 16.4 Å². The van der Waals surface area contributed by atoms with E-state index >= 15 is 0 Å². The zero-order valence-corrected chi connectivity index (χ0v) is 21.4. The molecular formula is C27H30ClN7O. The summed E-state index contributed by atoms with van der Waals surface area (Å²) in [6.45, 7) is 6.39. The van der Waals surface area contributed by atoms with Gasteiger partial charge in [0.2, 0.25) is 0 Å². The highest BCUT2D eigenvalue weighted by Gasteiger charge is 2.33. The number of likely N-dealkylation sites (tertiary alicyclic amines) is 1. The minimum absolute atomic E-state index is 0.0751. The molecule has 6 rings (SSSR count). The number of aromatic nitrogens is 4. The standard InChI is InChI=1S/C27H30ClN7O/c1-16-14-35-24(31-26(16)33-10-8-19(29)15-33)12-22(32-35)23-5-3-4-9-34(23)27(36)25-20-13-30-17(2)11-18(20)6-7-21(25)28/h6-7,11-14,19,23H,3-5,8-10,15,29H2,1-2H3/t19-,23-/m0/s1. The number of benzene rings is 1. The molecule has 9 heteroatoms. The molecule has 0 saturated carbocycles. The predicted molar refractivity (Wildman–Crippen MR) is 142 cm³/mol. The first-order valence-electron chi connectivity index (χ1n) is 12.6. The lowest BCUT2D eigenvalue weighted by Crippen LogP contribution is -2.39. The number of fused-ring (bicyclic) bond motifs is 2. The van der Waals surface area contributed by atoms with E-state index in [0.29, 0.717) is 17.1 Å². The molecule has 0 radical (unpaired) electrons. The highest BCUT2D eigenvalue weighted by Crippen LogP contribution is 2.35. The fourth-order valence-corrected chi connectivity index (χ4v) is 5.87. The summed E-state index contributed by atoms with van der Waals surface area (Å²) in [4.78, 5) is 27.5. The number of pyridine rings is 1. The van der Waals surface area contributed by atoms with E-state index in [2.05, 4.69) is 16.8 Å². The number of piperidine rings is 1. The van der Waals surface area contributed by atoms with E-state index in [1.807, 2.05) is 40.7 Å². The van der Waals surface area contributed by atoms with Gasteiger partial charge >= 0.3 is 0 Å². The lowest BCUT2D eigenvalue weighted by molar-refractivity contribution is 0.0608. The van der Waals surface area contributed by atoms with Crippen LogP contribution in [0.15, 0.2) is 36.7 Å². The van der Waals surface area contributed by atoms with Gasteiger partial charge in [-0.05, 0) is 57.0 Å². The summed E-state index contributed by atoms with van der Waals surface area (Å²) in [6, 6.07) is 7.80. The van der Waals surface area contributed by atoms with Crippen LogP contribution in [-0.4, -0.2) is 56.1 Å². The SMILES string of the molecule is Cc1cc2ccc(Cl)c(C(=O)N3CCCC[C@H]3c3cc4nc(N5CC[C@H](N)C5)c(C)cn4n3)c2cn1. The molecule has 0 spiro atoms. The normalized spacial score (nSPS) is 20.6. The van der Waals surface area contributed by atoms with E-state index in [1.54, 1.807) is 12.3 Å². The third kappa shape index (κ3) is 3.98. The molecule has 1 aromatic carbocycles. The molecule has 2 aliphatic heterocycles. The summed E-state index contributed by atoms with van der Waals surface area (Å²) < 4.78 is 1.83. The third-order valence-corrected chi connectivity index (χ3v) is 7.77. The molecular weight excluding hydrogens is 474 g/mol. The summed E-state index contributed by atoms with van der Waals surface area (Å²) in [7, 11) is 0. The first-order valence-corrected chi connectivity index (χ1v) is 13.0. The molecule has 186 valence electrons. The van der Waals surface area contributed by atoms with E-state index in [4.69, 9.17) is 27.4 Å². The number of hydrogen-bond donors (Lipinski definition) is 1. The van der Waals surface area contributed by atoms with E-state index in [9.17, 15) is 4.79 Å². The van der Waals surface area contributed by atoms with Crippen molar-refractivity contribution < 1.29 is 4.79 Å². The topological polar surface area (TPSA) is 92.7 Å². The maximum Gasteiger partial charge on any atom is 0.256 e. The smallest absolute Gasteiger partial charge is 0.256 e. The van der Waals surface area contributed by atoms with Gasteiger partial charge in [-0.2, -0.15) is 5.10 Å². The van der Waals surface area contributed by atoms with Crippen molar-refractivity contribution >= 4 is 39.7 Å². The van der Waals surface area contributed by atoms with Crippen LogP contribution < -0.4 is 10.6 Å². The molecule has 0 unspecified atom stereocenters. The average Bonchev–Trinajstić information content (AvgIpc) is 3.48. The Bertz CT molecular complexity index is 1480. The van der Waals surface area contributed by atoms with E-state index in [0.717, 1.165) is 78.0 Å². The Morgan fingerprint density at radius 2 is 2.00 bits per heavy atom. The number of nitrogens with zero attached hydrogens (tertiary/aromatic N) is 6. The Morgan fingerprint density at radius 1 is 1.14 bits per heavy atom. The number of amides is 1. The van der Waals surface area contributed by atoms with Crippen molar-refractivity contribution in [1.29, 1.82) is 0 Å². The van der Waals surface area contributed by atoms with Crippen molar-refractivity contribution in [2.24, 2.45) is 5.73 Å². The number of anilines is 1. The number of carbonyl (C=O) groups excluding carboxylic acids is 1. The zero-order chi connectivity index (χ0) is 25.0. The summed E-state index contributed by atoms with van der Waals surface area (Å²) in [5.41, 5.74) is 10.3. The Kier molecular flexibility index (Phi) is 5.80. The van der Waals surface area contributed by atoms with Crippen LogP contribution in [0.4, 0.5) is 5.82 Å². The molecule has 36 heavy (non-hydrogen) atoms. The second kappa shape index (κ2) is 9.01. The van der Waals surface area contributed by atoms with E-state index in [-0.39, 0.29) is 18.0 Å². The van der Waals surface area contributed by atoms with Gasteiger partial charge in [0.1, 0.15) is 5.82 Å². The first-order chi connectivity index (χ1) is 17.4. The predicted octanol–water partition coefficient (Wildman–Crippen LogP) is 4.45. The minimum atomic E-state index is -0.137. The van der Waals surface area contributed by atoms with Crippen molar-refractivity contribution in [3.8, 4) is 0 Å². The largest absolute Gasteiger partial charge is 0.355 e. The fraction of sp³-hybridized carbons (Fsp3) is 0.407. The van der Waals surface area contributed by atoms with Gasteiger partial charge in [-0.25, -0.2) is 9.50 Å². The van der Waals surface area contributed by atoms with Gasteiger partial charge in [-0.15, -0.1) is 0 Å². The van der Waals surface area contributed by atoms with Crippen LogP contribution in [0, 0.1) is 13.8 Å². The quantitative estimate of drug-likeness (QED) is 0.444. The number of halogens is 1. The Labute approximate surface area is 215 Å². The van der Waals surface area contributed by atoms with Crippen LogP contribution in [0.1, 0.15) is 59.0 Å². The Morgan fingerprint density at radius 3 is 2.81 bits per heavy atom. The molecule has 5 heterocycles. The monoisotopic (exact) mass is 503 g/mol. The molecule has 2 N–H and O–H groups in total. The van der Waals surface area contributed by atoms with Crippen molar-refractivity contribution in [1.82, 2.24) is 24.5 Å². The van der Waals surface area contributed by atoms with Crippen LogP contribution in [0.5, 0.6) is 0 Å². The fourth-order valence-electron chi connectivity index (χ4n) is 5.63. The molecule has 4 aromatic rings. The molecule has 2 aliphatic rings. The second-order valence-electron chi connectivity index (χ2n) is 10.1. The van der Waals surface area contributed by atoms with Crippen LogP contribution in [0.2, 0.25) is 5.02 Å². The number of hydrogen-bond acceptors (Lipinski definition) is 6. The molecule has 2 fully saturated rings. The molecule has 3 aromatic heterocycles. The molecule has 0 bridgehead atoms. The molecule has 1 amide bonds. The first kappa shape index (κ1) is 23.2. The number of rotatable bonds is 3. The second-order valence-corrected chi connectivity index (χ2v) is 10.5. The van der Waals surface area contributed by atoms with Gasteiger partial charge in [0.15, 0.2) is 5.65 Å². The average molecular weight is 504 g/mol.